The van der Waals surface area contributed by atoms with Crippen molar-refractivity contribution in [2.75, 3.05) is 6.61 Å². The minimum Gasteiger partial charge on any atom is -0.394 e. The molecule has 1 amide bonds. The van der Waals surface area contributed by atoms with Crippen LogP contribution in [-0.2, 0) is 4.79 Å². The number of carbonyl (C=O) groups excluding carboxylic acids is 1. The maximum absolute atomic E-state index is 12.3. The summed E-state index contributed by atoms with van der Waals surface area (Å²) in [6.45, 7) is 4.31. The lowest BCUT2D eigenvalue weighted by Crippen LogP contribution is -2.45. The number of aliphatic hydroxyl groups is 2. The molecule has 3 N–H and O–H groups in total. The van der Waals surface area contributed by atoms with Crippen LogP contribution in [0.15, 0.2) is 12.2 Å². The molecule has 0 saturated heterocycles. The van der Waals surface area contributed by atoms with E-state index in [-0.39, 0.29) is 12.5 Å². The fourth-order valence-electron chi connectivity index (χ4n) is 6.18. The summed E-state index contributed by atoms with van der Waals surface area (Å²) in [4.78, 5) is 12.3. The van der Waals surface area contributed by atoms with Gasteiger partial charge in [0.05, 0.1) is 18.8 Å². The molecule has 0 radical (unpaired) electrons. The quantitative estimate of drug-likeness (QED) is 0.0481. The zero-order valence-corrected chi connectivity index (χ0v) is 29.9. The number of aliphatic hydroxyl groups excluding tert-OH is 2. The molecular formula is C40H79NO3. The van der Waals surface area contributed by atoms with Gasteiger partial charge in [0.15, 0.2) is 0 Å². The minimum atomic E-state index is -0.832. The van der Waals surface area contributed by atoms with Crippen molar-refractivity contribution in [2.24, 2.45) is 0 Å². The maximum atomic E-state index is 12.3. The molecule has 0 aliphatic carbocycles. The fraction of sp³-hybridized carbons (Fsp3) is 0.925. The Bertz CT molecular complexity index is 593. The summed E-state index contributed by atoms with van der Waals surface area (Å²) in [6.07, 6.45) is 44.5. The lowest BCUT2D eigenvalue weighted by Gasteiger charge is -2.20. The van der Waals surface area contributed by atoms with Crippen molar-refractivity contribution >= 4 is 5.91 Å². The van der Waals surface area contributed by atoms with Gasteiger partial charge in [-0.1, -0.05) is 206 Å². The molecular weight excluding hydrogens is 542 g/mol. The molecule has 0 aliphatic rings. The second kappa shape index (κ2) is 36.6. The van der Waals surface area contributed by atoms with Gasteiger partial charge in [-0.2, -0.15) is 0 Å². The first-order chi connectivity index (χ1) is 21.7. The van der Waals surface area contributed by atoms with E-state index >= 15 is 0 Å². The smallest absolute Gasteiger partial charge is 0.220 e. The highest BCUT2D eigenvalue weighted by Gasteiger charge is 2.17. The highest BCUT2D eigenvalue weighted by atomic mass is 16.3. The summed E-state index contributed by atoms with van der Waals surface area (Å²) < 4.78 is 0. The predicted molar refractivity (Wildman–Crippen MR) is 193 cm³/mol. The van der Waals surface area contributed by atoms with E-state index in [0.29, 0.717) is 6.42 Å². The number of amides is 1. The molecule has 0 bridgehead atoms. The lowest BCUT2D eigenvalue weighted by atomic mass is 10.0. The number of rotatable bonds is 36. The van der Waals surface area contributed by atoms with Crippen molar-refractivity contribution in [3.8, 4) is 0 Å². The highest BCUT2D eigenvalue weighted by molar-refractivity contribution is 5.76. The summed E-state index contributed by atoms with van der Waals surface area (Å²) >= 11 is 0. The first kappa shape index (κ1) is 43.1. The molecule has 4 nitrogen and oxygen atoms in total. The highest BCUT2D eigenvalue weighted by Crippen LogP contribution is 2.15. The maximum Gasteiger partial charge on any atom is 0.220 e. The molecule has 2 atom stereocenters. The van der Waals surface area contributed by atoms with Crippen LogP contribution in [0.2, 0.25) is 0 Å². The van der Waals surface area contributed by atoms with Crippen molar-refractivity contribution in [3.05, 3.63) is 12.2 Å². The Hall–Kier alpha value is -0.870. The number of unbranched alkanes of at least 4 members (excludes halogenated alkanes) is 29. The third-order valence-corrected chi connectivity index (χ3v) is 9.27. The molecule has 0 rings (SSSR count). The number of carbonyl (C=O) groups is 1. The Balaban J connectivity index is 3.53. The normalized spacial score (nSPS) is 13.1. The monoisotopic (exact) mass is 622 g/mol. The molecule has 0 fully saturated rings. The summed E-state index contributed by atoms with van der Waals surface area (Å²) in [5.74, 6) is -0.0637. The van der Waals surface area contributed by atoms with Gasteiger partial charge in [-0.3, -0.25) is 4.79 Å². The van der Waals surface area contributed by atoms with Crippen molar-refractivity contribution in [1.29, 1.82) is 0 Å². The van der Waals surface area contributed by atoms with Crippen LogP contribution in [0.25, 0.3) is 0 Å². The van der Waals surface area contributed by atoms with E-state index in [2.05, 4.69) is 19.2 Å². The Morgan fingerprint density at radius 3 is 1.18 bits per heavy atom. The van der Waals surface area contributed by atoms with E-state index in [9.17, 15) is 15.0 Å². The van der Waals surface area contributed by atoms with Crippen molar-refractivity contribution in [1.82, 2.24) is 5.32 Å². The summed E-state index contributed by atoms with van der Waals surface area (Å²) in [6, 6.07) is -0.614. The van der Waals surface area contributed by atoms with Gasteiger partial charge in [0.2, 0.25) is 5.91 Å². The molecule has 0 aromatic heterocycles. The lowest BCUT2D eigenvalue weighted by molar-refractivity contribution is -0.123. The van der Waals surface area contributed by atoms with Gasteiger partial charge in [0.1, 0.15) is 0 Å². The van der Waals surface area contributed by atoms with E-state index in [1.807, 2.05) is 6.08 Å². The molecule has 0 spiro atoms. The summed E-state index contributed by atoms with van der Waals surface area (Å²) in [7, 11) is 0. The molecule has 44 heavy (non-hydrogen) atoms. The predicted octanol–water partition coefficient (Wildman–Crippen LogP) is 11.9. The van der Waals surface area contributed by atoms with Crippen molar-refractivity contribution in [2.45, 2.75) is 231 Å². The first-order valence-corrected chi connectivity index (χ1v) is 19.9. The number of nitrogens with one attached hydrogen (secondary N) is 1. The van der Waals surface area contributed by atoms with Gasteiger partial charge in [-0.15, -0.1) is 0 Å². The van der Waals surface area contributed by atoms with Gasteiger partial charge >= 0.3 is 0 Å². The zero-order chi connectivity index (χ0) is 32.2. The zero-order valence-electron chi connectivity index (χ0n) is 29.9. The second-order valence-electron chi connectivity index (χ2n) is 13.7. The second-order valence-corrected chi connectivity index (χ2v) is 13.7. The first-order valence-electron chi connectivity index (χ1n) is 19.9. The van der Waals surface area contributed by atoms with Crippen LogP contribution >= 0.6 is 0 Å². The number of hydrogen-bond acceptors (Lipinski definition) is 3. The van der Waals surface area contributed by atoms with Crippen LogP contribution in [0, 0.1) is 0 Å². The SMILES string of the molecule is CCCCCCCCCCCCCCCCCCCCC/C=C/C(O)C(CO)NC(=O)CCCCCCCCCCCCC. The van der Waals surface area contributed by atoms with Crippen LogP contribution < -0.4 is 5.32 Å². The summed E-state index contributed by atoms with van der Waals surface area (Å²) in [5.41, 5.74) is 0. The molecule has 4 heteroatoms. The Kier molecular flexibility index (Phi) is 35.9. The average Bonchev–Trinajstić information content (AvgIpc) is 3.03. The Labute approximate surface area is 276 Å². The van der Waals surface area contributed by atoms with Gasteiger partial charge in [-0.05, 0) is 19.3 Å². The van der Waals surface area contributed by atoms with Gasteiger partial charge < -0.3 is 15.5 Å². The molecule has 2 unspecified atom stereocenters. The van der Waals surface area contributed by atoms with Crippen LogP contribution in [0.1, 0.15) is 219 Å². The Morgan fingerprint density at radius 2 is 0.841 bits per heavy atom. The van der Waals surface area contributed by atoms with Crippen LogP contribution in [-0.4, -0.2) is 34.9 Å². The largest absolute Gasteiger partial charge is 0.394 e. The number of allylic oxidation sites excluding steroid dienone is 1. The number of hydrogen-bond donors (Lipinski definition) is 3. The Morgan fingerprint density at radius 1 is 0.523 bits per heavy atom. The van der Waals surface area contributed by atoms with Gasteiger partial charge in [0.25, 0.3) is 0 Å². The van der Waals surface area contributed by atoms with Gasteiger partial charge in [-0.25, -0.2) is 0 Å². The standard InChI is InChI=1S/C40H79NO3/c1-3-5-7-9-11-13-15-16-17-18-19-20-21-22-23-24-26-27-29-31-33-35-39(43)38(37-42)41-40(44)36-34-32-30-28-25-14-12-10-8-6-4-2/h33,35,38-39,42-43H,3-32,34,36-37H2,1-2H3,(H,41,44)/b35-33+. The molecule has 0 heterocycles. The molecule has 0 aliphatic heterocycles. The van der Waals surface area contributed by atoms with E-state index in [1.54, 1.807) is 6.08 Å². The van der Waals surface area contributed by atoms with Gasteiger partial charge in [0, 0.05) is 6.42 Å². The van der Waals surface area contributed by atoms with Crippen LogP contribution in [0.4, 0.5) is 0 Å². The van der Waals surface area contributed by atoms with Crippen molar-refractivity contribution < 1.29 is 15.0 Å². The van der Waals surface area contributed by atoms with Crippen molar-refractivity contribution in [3.63, 3.8) is 0 Å². The molecule has 0 aromatic carbocycles. The van der Waals surface area contributed by atoms with Crippen LogP contribution in [0.5, 0.6) is 0 Å². The summed E-state index contributed by atoms with van der Waals surface area (Å²) in [5, 5.41) is 22.9. The fourth-order valence-corrected chi connectivity index (χ4v) is 6.18. The molecule has 0 aromatic rings. The van der Waals surface area contributed by atoms with Crippen LogP contribution in [0.3, 0.4) is 0 Å². The topological polar surface area (TPSA) is 69.6 Å². The van der Waals surface area contributed by atoms with E-state index in [0.717, 1.165) is 25.7 Å². The third-order valence-electron chi connectivity index (χ3n) is 9.27. The molecule has 0 saturated carbocycles. The van der Waals surface area contributed by atoms with E-state index < -0.39 is 12.1 Å². The third kappa shape index (κ3) is 32.5. The van der Waals surface area contributed by atoms with E-state index in [4.69, 9.17) is 0 Å². The minimum absolute atomic E-state index is 0.0637. The molecule has 262 valence electrons. The average molecular weight is 622 g/mol. The van der Waals surface area contributed by atoms with E-state index in [1.165, 1.54) is 173 Å².